The van der Waals surface area contributed by atoms with Crippen molar-refractivity contribution in [3.05, 3.63) is 33.9 Å². The summed E-state index contributed by atoms with van der Waals surface area (Å²) in [4.78, 5) is 9.00. The van der Waals surface area contributed by atoms with Crippen LogP contribution in [-0.4, -0.2) is 4.92 Å². The lowest BCUT2D eigenvalue weighted by molar-refractivity contribution is -0.399. The standard InChI is InChI=1S/C7H4F3NO3/c8-7(9,10)4-2-1-3-5(6(4)12)11(13)14/h1-3,12H/p-1. The van der Waals surface area contributed by atoms with Gasteiger partial charge in [-0.15, -0.1) is 0 Å². The molecule has 0 aromatic heterocycles. The third kappa shape index (κ3) is 1.76. The lowest BCUT2D eigenvalue weighted by Crippen LogP contribution is -2.11. The van der Waals surface area contributed by atoms with E-state index in [1.807, 2.05) is 0 Å². The molecule has 0 spiro atoms. The lowest BCUT2D eigenvalue weighted by Gasteiger charge is -2.15. The van der Waals surface area contributed by atoms with Crippen LogP contribution in [0.25, 0.3) is 0 Å². The number of nitro benzene ring substituents is 1. The van der Waals surface area contributed by atoms with Gasteiger partial charge in [-0.05, 0) is 5.75 Å². The Bertz CT molecular complexity index is 375. The molecule has 0 aliphatic heterocycles. The molecular weight excluding hydrogens is 203 g/mol. The third-order valence-corrected chi connectivity index (χ3v) is 1.50. The molecule has 0 aliphatic carbocycles. The fourth-order valence-corrected chi connectivity index (χ4v) is 0.892. The summed E-state index contributed by atoms with van der Waals surface area (Å²) in [5, 5.41) is 21.0. The van der Waals surface area contributed by atoms with Crippen LogP contribution >= 0.6 is 0 Å². The van der Waals surface area contributed by atoms with Gasteiger partial charge in [-0.3, -0.25) is 10.1 Å². The average Bonchev–Trinajstić information content (AvgIpc) is 2.01. The number of nitro groups is 1. The molecule has 0 atom stereocenters. The molecule has 0 unspecified atom stereocenters. The minimum Gasteiger partial charge on any atom is -0.867 e. The fourth-order valence-electron chi connectivity index (χ4n) is 0.892. The molecule has 1 aromatic carbocycles. The predicted octanol–water partition coefficient (Wildman–Crippen LogP) is 1.69. The van der Waals surface area contributed by atoms with E-state index in [9.17, 15) is 28.4 Å². The molecule has 0 amide bonds. The van der Waals surface area contributed by atoms with Gasteiger partial charge in [0.05, 0.1) is 10.5 Å². The zero-order valence-electron chi connectivity index (χ0n) is 6.54. The van der Waals surface area contributed by atoms with Gasteiger partial charge < -0.3 is 5.11 Å². The number of halogens is 3. The number of hydrogen-bond acceptors (Lipinski definition) is 3. The van der Waals surface area contributed by atoms with Crippen LogP contribution in [0.1, 0.15) is 5.56 Å². The summed E-state index contributed by atoms with van der Waals surface area (Å²) in [6.45, 7) is 0. The minimum atomic E-state index is -4.86. The lowest BCUT2D eigenvalue weighted by atomic mass is 10.1. The van der Waals surface area contributed by atoms with E-state index in [2.05, 4.69) is 0 Å². The van der Waals surface area contributed by atoms with Crippen molar-refractivity contribution in [1.29, 1.82) is 0 Å². The summed E-state index contributed by atoms with van der Waals surface area (Å²) in [5.41, 5.74) is -2.59. The maximum atomic E-state index is 12.1. The summed E-state index contributed by atoms with van der Waals surface area (Å²) in [6.07, 6.45) is -4.86. The molecule has 0 bridgehead atoms. The van der Waals surface area contributed by atoms with E-state index in [0.717, 1.165) is 12.1 Å². The fraction of sp³-hybridized carbons (Fsp3) is 0.143. The normalized spacial score (nSPS) is 11.4. The molecule has 0 saturated carbocycles. The van der Waals surface area contributed by atoms with Crippen LogP contribution in [0.3, 0.4) is 0 Å². The van der Waals surface area contributed by atoms with Crippen LogP contribution in [0.5, 0.6) is 5.75 Å². The van der Waals surface area contributed by atoms with Crippen molar-refractivity contribution >= 4 is 5.69 Å². The van der Waals surface area contributed by atoms with Crippen LogP contribution in [0.15, 0.2) is 18.2 Å². The Morgan fingerprint density at radius 3 is 2.29 bits per heavy atom. The molecule has 0 saturated heterocycles. The van der Waals surface area contributed by atoms with Crippen molar-refractivity contribution in [2.24, 2.45) is 0 Å². The van der Waals surface area contributed by atoms with E-state index in [0.29, 0.717) is 6.07 Å². The monoisotopic (exact) mass is 206 g/mol. The molecule has 0 aliphatic rings. The quantitative estimate of drug-likeness (QED) is 0.518. The maximum Gasteiger partial charge on any atom is 0.416 e. The highest BCUT2D eigenvalue weighted by Gasteiger charge is 2.33. The summed E-state index contributed by atoms with van der Waals surface area (Å²) in [7, 11) is 0. The molecule has 1 rings (SSSR count). The van der Waals surface area contributed by atoms with E-state index in [4.69, 9.17) is 0 Å². The average molecular weight is 206 g/mol. The van der Waals surface area contributed by atoms with Crippen molar-refractivity contribution in [2.45, 2.75) is 6.18 Å². The van der Waals surface area contributed by atoms with E-state index in [-0.39, 0.29) is 0 Å². The summed E-state index contributed by atoms with van der Waals surface area (Å²) in [6, 6.07) is 2.06. The Morgan fingerprint density at radius 2 is 1.86 bits per heavy atom. The molecule has 7 heteroatoms. The SMILES string of the molecule is O=[N+]([O-])c1cccc(C(F)(F)F)c1[O-]. The molecule has 0 radical (unpaired) electrons. The van der Waals surface area contributed by atoms with Gasteiger partial charge in [-0.2, -0.15) is 13.2 Å². The topological polar surface area (TPSA) is 66.2 Å². The number of benzene rings is 1. The van der Waals surface area contributed by atoms with Crippen LogP contribution in [-0.2, 0) is 6.18 Å². The number of para-hydroxylation sites is 1. The van der Waals surface area contributed by atoms with Gasteiger partial charge >= 0.3 is 6.18 Å². The minimum absolute atomic E-state index is 0.509. The second-order valence-electron chi connectivity index (χ2n) is 2.41. The Balaban J connectivity index is 3.35. The number of alkyl halides is 3. The zero-order valence-corrected chi connectivity index (χ0v) is 6.54. The third-order valence-electron chi connectivity index (χ3n) is 1.50. The van der Waals surface area contributed by atoms with E-state index in [1.165, 1.54) is 0 Å². The first kappa shape index (κ1) is 10.3. The number of rotatable bonds is 1. The Morgan fingerprint density at radius 1 is 1.29 bits per heavy atom. The van der Waals surface area contributed by atoms with Crippen LogP contribution in [0.2, 0.25) is 0 Å². The van der Waals surface area contributed by atoms with Crippen molar-refractivity contribution < 1.29 is 23.2 Å². The van der Waals surface area contributed by atoms with Gasteiger partial charge in [0, 0.05) is 6.07 Å². The van der Waals surface area contributed by atoms with E-state index < -0.39 is 28.1 Å². The first-order valence-corrected chi connectivity index (χ1v) is 3.35. The summed E-state index contributed by atoms with van der Waals surface area (Å²) < 4.78 is 36.2. The van der Waals surface area contributed by atoms with E-state index >= 15 is 0 Å². The highest BCUT2D eigenvalue weighted by atomic mass is 19.4. The van der Waals surface area contributed by atoms with Gasteiger partial charge in [0.15, 0.2) is 0 Å². The van der Waals surface area contributed by atoms with Crippen LogP contribution < -0.4 is 5.11 Å². The van der Waals surface area contributed by atoms with Gasteiger partial charge in [-0.25, -0.2) is 0 Å². The van der Waals surface area contributed by atoms with Gasteiger partial charge in [0.25, 0.3) is 5.69 Å². The van der Waals surface area contributed by atoms with Gasteiger partial charge in [0.1, 0.15) is 0 Å². The van der Waals surface area contributed by atoms with Crippen molar-refractivity contribution in [3.8, 4) is 5.75 Å². The van der Waals surface area contributed by atoms with Crippen molar-refractivity contribution in [1.82, 2.24) is 0 Å². The summed E-state index contributed by atoms with van der Waals surface area (Å²) >= 11 is 0. The zero-order chi connectivity index (χ0) is 10.9. The first-order chi connectivity index (χ1) is 6.34. The van der Waals surface area contributed by atoms with E-state index in [1.54, 1.807) is 0 Å². The molecule has 76 valence electrons. The highest BCUT2D eigenvalue weighted by Crippen LogP contribution is 2.38. The van der Waals surface area contributed by atoms with Crippen LogP contribution in [0, 0.1) is 10.1 Å². The highest BCUT2D eigenvalue weighted by molar-refractivity contribution is 5.50. The van der Waals surface area contributed by atoms with Gasteiger partial charge in [0.2, 0.25) is 0 Å². The predicted molar refractivity (Wildman–Crippen MR) is 37.5 cm³/mol. The van der Waals surface area contributed by atoms with Crippen molar-refractivity contribution in [3.63, 3.8) is 0 Å². The second-order valence-corrected chi connectivity index (χ2v) is 2.41. The number of nitrogens with zero attached hydrogens (tertiary/aromatic N) is 1. The Hall–Kier alpha value is -1.79. The van der Waals surface area contributed by atoms with Gasteiger partial charge in [-0.1, -0.05) is 12.1 Å². The van der Waals surface area contributed by atoms with Crippen molar-refractivity contribution in [2.75, 3.05) is 0 Å². The molecule has 14 heavy (non-hydrogen) atoms. The maximum absolute atomic E-state index is 12.1. The largest absolute Gasteiger partial charge is 0.867 e. The Labute approximate surface area is 75.7 Å². The second kappa shape index (κ2) is 3.17. The molecule has 0 heterocycles. The summed E-state index contributed by atoms with van der Waals surface area (Å²) in [5.74, 6) is -1.61. The molecule has 4 nitrogen and oxygen atoms in total. The van der Waals surface area contributed by atoms with Crippen LogP contribution in [0.4, 0.5) is 18.9 Å². The first-order valence-electron chi connectivity index (χ1n) is 3.35. The molecular formula is C7H3F3NO3-. The molecule has 0 N–H and O–H groups in total. The Kier molecular flexibility index (Phi) is 2.33. The molecule has 0 fully saturated rings. The smallest absolute Gasteiger partial charge is 0.416 e. The molecule has 1 aromatic rings. The number of hydrogen-bond donors (Lipinski definition) is 0.